The maximum Gasteiger partial charge on any atom is 0.329 e. The molecule has 3 fully saturated rings. The number of piperidine rings is 1. The molecule has 0 aromatic heterocycles. The van der Waals surface area contributed by atoms with Crippen molar-refractivity contribution in [3.8, 4) is 0 Å². The minimum absolute atomic E-state index is 0.000329. The van der Waals surface area contributed by atoms with E-state index < -0.39 is 103 Å². The fraction of sp³-hybridized carbons (Fsp3) is 0.603. The van der Waals surface area contributed by atoms with Gasteiger partial charge in [0.15, 0.2) is 5.78 Å². The molecule has 434 valence electrons. The molecule has 3 aliphatic heterocycles. The lowest BCUT2D eigenvalue weighted by atomic mass is 9.78. The SMILES string of the molecule is CO[C@H]1C[C@@H]2CC[C@@H](C)[C@@](O)(O2)C(=O)C(=O)N2CCCC[C@H]2C(=O)OC([C@H](C)CC2CC[C@@H](OP(=O)(c3ccccc3)c3ccccc3)[C@H](OC)C2)CC(=O)[C@H](C)/C=C(\C)[C@@H](O)[C@@H](OC)C(=O)[C@H](C)C[C@H](C)/C=C/C=CC=C1C. The smallest absolute Gasteiger partial charge is 0.329 e. The lowest BCUT2D eigenvalue weighted by molar-refractivity contribution is -0.265. The van der Waals surface area contributed by atoms with Crippen molar-refractivity contribution in [3.05, 3.63) is 108 Å². The number of ether oxygens (including phenoxy) is 5. The molecule has 1 saturated carbocycles. The molecule has 6 rings (SSSR count). The molecule has 0 radical (unpaired) electrons. The molecule has 2 saturated heterocycles. The minimum Gasteiger partial charge on any atom is -0.460 e. The number of esters is 1. The van der Waals surface area contributed by atoms with E-state index in [9.17, 15) is 38.8 Å². The third kappa shape index (κ3) is 16.1. The Morgan fingerprint density at radius 3 is 2.08 bits per heavy atom. The standard InChI is InChI=1S/C63H88NO14P/c1-40-22-14-11-15-23-41(2)54(73-8)38-48-31-29-46(7)63(71,77-48)60(68)61(69)64-33-21-20-28-51(64)62(70)76-55(39-52(65)42(3)35-45(6)58(67)59(75-10)57(66)44(5)34-40)43(4)36-47-30-32-53(56(37-47)74-9)78-79(72,49-24-16-12-17-25-49)50-26-18-13-19-27-50/h11-19,22-27,35,40,42-44,46-48,51,53-56,58-59,67,71H,20-21,28-34,36-39H2,1-10H3/b15-11?,22-14+,41-23?,45-35+/t40-,42-,43-,44-,46-,47?,48+,51+,53-,54+,55?,56-,58-,59+,63-/m1/s1. The van der Waals surface area contributed by atoms with Gasteiger partial charge in [0, 0.05) is 69.1 Å². The highest BCUT2D eigenvalue weighted by Crippen LogP contribution is 2.49. The third-order valence-corrected chi connectivity index (χ3v) is 19.5. The maximum absolute atomic E-state index is 15.0. The molecule has 0 spiro atoms. The van der Waals surface area contributed by atoms with Crippen molar-refractivity contribution in [3.63, 3.8) is 0 Å². The number of fused-ring (bicyclic) bond motifs is 3. The molecule has 1 amide bonds. The fourth-order valence-corrected chi connectivity index (χ4v) is 14.2. The maximum atomic E-state index is 15.0. The van der Waals surface area contributed by atoms with E-state index in [1.165, 1.54) is 12.0 Å². The number of allylic oxidation sites excluding steroid dienone is 6. The number of aliphatic hydroxyl groups is 2. The number of ketones is 3. The van der Waals surface area contributed by atoms with Gasteiger partial charge in [-0.15, -0.1) is 0 Å². The number of carbonyl (C=O) groups is 5. The summed E-state index contributed by atoms with van der Waals surface area (Å²) in [7, 11) is 1.02. The van der Waals surface area contributed by atoms with Crippen molar-refractivity contribution in [2.45, 2.75) is 180 Å². The number of methoxy groups -OCH3 is 3. The highest BCUT2D eigenvalue weighted by Gasteiger charge is 2.53. The van der Waals surface area contributed by atoms with E-state index in [1.54, 1.807) is 41.1 Å². The van der Waals surface area contributed by atoms with Crippen LogP contribution in [-0.2, 0) is 56.7 Å². The van der Waals surface area contributed by atoms with Crippen LogP contribution in [0.5, 0.6) is 0 Å². The summed E-state index contributed by atoms with van der Waals surface area (Å²) >= 11 is 0. The summed E-state index contributed by atoms with van der Waals surface area (Å²) in [4.78, 5) is 73.1. The predicted molar refractivity (Wildman–Crippen MR) is 304 cm³/mol. The van der Waals surface area contributed by atoms with E-state index in [1.807, 2.05) is 119 Å². The lowest BCUT2D eigenvalue weighted by Crippen LogP contribution is -2.61. The van der Waals surface area contributed by atoms with Gasteiger partial charge in [-0.1, -0.05) is 107 Å². The quantitative estimate of drug-likeness (QED) is 0.0987. The molecule has 2 N–H and O–H groups in total. The van der Waals surface area contributed by atoms with E-state index >= 15 is 0 Å². The van der Waals surface area contributed by atoms with Crippen LogP contribution in [-0.4, -0.2) is 127 Å². The Bertz CT molecular complexity index is 2500. The minimum atomic E-state index is -3.55. The first-order valence-corrected chi connectivity index (χ1v) is 30.2. The molecular formula is C63H88NO14P. The summed E-state index contributed by atoms with van der Waals surface area (Å²) in [5, 5.41) is 24.8. The molecule has 79 heavy (non-hydrogen) atoms. The second-order valence-electron chi connectivity index (χ2n) is 22.9. The summed E-state index contributed by atoms with van der Waals surface area (Å²) in [6.45, 7) is 12.7. The van der Waals surface area contributed by atoms with E-state index in [4.69, 9.17) is 28.2 Å². The first-order valence-electron chi connectivity index (χ1n) is 28.5. The van der Waals surface area contributed by atoms with Gasteiger partial charge < -0.3 is 43.3 Å². The van der Waals surface area contributed by atoms with Gasteiger partial charge in [-0.25, -0.2) is 4.79 Å². The van der Waals surface area contributed by atoms with Crippen LogP contribution in [0.2, 0.25) is 0 Å². The number of nitrogens with zero attached hydrogens (tertiary/aromatic N) is 1. The molecule has 15 nitrogen and oxygen atoms in total. The average Bonchev–Trinajstić information content (AvgIpc) is 3.46. The molecule has 2 aromatic carbocycles. The molecule has 15 atom stereocenters. The van der Waals surface area contributed by atoms with E-state index in [0.717, 1.165) is 5.57 Å². The average molecular weight is 1110 g/mol. The summed E-state index contributed by atoms with van der Waals surface area (Å²) < 4.78 is 51.9. The van der Waals surface area contributed by atoms with Gasteiger partial charge in [-0.2, -0.15) is 0 Å². The fourth-order valence-electron chi connectivity index (χ4n) is 11.9. The Kier molecular flexibility index (Phi) is 23.6. The number of hydrogen-bond donors (Lipinski definition) is 2. The van der Waals surface area contributed by atoms with E-state index in [2.05, 4.69) is 0 Å². The highest BCUT2D eigenvalue weighted by atomic mass is 31.2. The van der Waals surface area contributed by atoms with E-state index in [0.29, 0.717) is 80.4 Å². The molecule has 2 unspecified atom stereocenters. The van der Waals surface area contributed by atoms with Gasteiger partial charge in [0.05, 0.1) is 24.4 Å². The van der Waals surface area contributed by atoms with E-state index in [-0.39, 0.29) is 42.8 Å². The zero-order valence-electron chi connectivity index (χ0n) is 48.2. The van der Waals surface area contributed by atoms with Crippen LogP contribution in [0.15, 0.2) is 108 Å². The van der Waals surface area contributed by atoms with Crippen LogP contribution in [0.1, 0.15) is 126 Å². The molecule has 2 bridgehead atoms. The normalized spacial score (nSPS) is 34.4. The van der Waals surface area contributed by atoms with Crippen molar-refractivity contribution >= 4 is 47.2 Å². The molecule has 4 aliphatic rings. The molecule has 2 aromatic rings. The van der Waals surface area contributed by atoms with Gasteiger partial charge in [-0.05, 0) is 131 Å². The number of rotatable bonds is 10. The van der Waals surface area contributed by atoms with Gasteiger partial charge in [0.2, 0.25) is 5.79 Å². The predicted octanol–water partition coefficient (Wildman–Crippen LogP) is 9.13. The number of carbonyl (C=O) groups excluding carboxylic acids is 5. The van der Waals surface area contributed by atoms with Gasteiger partial charge in [-0.3, -0.25) is 23.7 Å². The second kappa shape index (κ2) is 29.3. The summed E-state index contributed by atoms with van der Waals surface area (Å²) in [5.74, 6) is -8.37. The first kappa shape index (κ1) is 63.5. The van der Waals surface area contributed by atoms with Gasteiger partial charge >= 0.3 is 5.97 Å². The number of Topliss-reactive ketones (excluding diaryl/α,β-unsaturated/α-hetero) is 3. The molecule has 16 heteroatoms. The summed E-state index contributed by atoms with van der Waals surface area (Å²) in [6.07, 6.45) is 10.6. The van der Waals surface area contributed by atoms with Gasteiger partial charge in [0.25, 0.3) is 19.1 Å². The van der Waals surface area contributed by atoms with Crippen LogP contribution in [0, 0.1) is 35.5 Å². The van der Waals surface area contributed by atoms with Crippen molar-refractivity contribution in [1.82, 2.24) is 4.90 Å². The topological polar surface area (TPSA) is 201 Å². The summed E-state index contributed by atoms with van der Waals surface area (Å²) in [6, 6.07) is 17.2. The van der Waals surface area contributed by atoms with Crippen molar-refractivity contribution in [1.29, 1.82) is 0 Å². The third-order valence-electron chi connectivity index (χ3n) is 16.9. The largest absolute Gasteiger partial charge is 0.460 e. The monoisotopic (exact) mass is 1110 g/mol. The van der Waals surface area contributed by atoms with Crippen LogP contribution in [0.4, 0.5) is 0 Å². The Morgan fingerprint density at radius 1 is 0.772 bits per heavy atom. The van der Waals surface area contributed by atoms with Crippen LogP contribution in [0.3, 0.4) is 0 Å². The highest BCUT2D eigenvalue weighted by molar-refractivity contribution is 7.74. The molecule has 3 heterocycles. The van der Waals surface area contributed by atoms with Gasteiger partial charge in [0.1, 0.15) is 30.1 Å². The number of hydrogen-bond acceptors (Lipinski definition) is 14. The van der Waals surface area contributed by atoms with Crippen molar-refractivity contribution < 1.29 is 67.0 Å². The Labute approximate surface area is 469 Å². The zero-order valence-corrected chi connectivity index (χ0v) is 49.1. The number of aliphatic hydroxyl groups excluding tert-OH is 1. The first-order chi connectivity index (χ1) is 37.6. The van der Waals surface area contributed by atoms with Crippen LogP contribution in [0.25, 0.3) is 0 Å². The lowest BCUT2D eigenvalue weighted by Gasteiger charge is -2.42. The molecule has 1 aliphatic carbocycles. The van der Waals surface area contributed by atoms with Crippen LogP contribution < -0.4 is 10.6 Å². The Hall–Kier alpha value is -4.70. The summed E-state index contributed by atoms with van der Waals surface area (Å²) in [5.41, 5.74) is 1.24. The number of benzene rings is 2. The second-order valence-corrected chi connectivity index (χ2v) is 25.2. The molecular weight excluding hydrogens is 1030 g/mol. The Morgan fingerprint density at radius 2 is 1.44 bits per heavy atom. The number of cyclic esters (lactones) is 1. The van der Waals surface area contributed by atoms with Crippen LogP contribution >= 0.6 is 7.37 Å². The zero-order chi connectivity index (χ0) is 57.6. The van der Waals surface area contributed by atoms with Crippen molar-refractivity contribution in [2.24, 2.45) is 35.5 Å². The number of amides is 1. The van der Waals surface area contributed by atoms with Crippen molar-refractivity contribution in [2.75, 3.05) is 27.9 Å². The Balaban J connectivity index is 1.29.